The van der Waals surface area contributed by atoms with Crippen LogP contribution >= 0.6 is 11.6 Å². The van der Waals surface area contributed by atoms with Gasteiger partial charge in [-0.1, -0.05) is 41.9 Å². The van der Waals surface area contributed by atoms with Gasteiger partial charge in [-0.3, -0.25) is 9.59 Å². The predicted octanol–water partition coefficient (Wildman–Crippen LogP) is 1.99. The van der Waals surface area contributed by atoms with Crippen molar-refractivity contribution in [2.75, 3.05) is 6.61 Å². The molecule has 0 radical (unpaired) electrons. The SMILES string of the molecule is CCOC(=O)C1=NC2(C=CC(=O)C(Cl)=C2)N(Cc2ccccc2)C1=O. The number of hydrogen-bond acceptors (Lipinski definition) is 5. The Balaban J connectivity index is 2.03. The molecule has 6 nitrogen and oxygen atoms in total. The zero-order chi connectivity index (χ0) is 18.0. The molecule has 0 saturated heterocycles. The lowest BCUT2D eigenvalue weighted by atomic mass is 10.0. The van der Waals surface area contributed by atoms with E-state index in [1.807, 2.05) is 30.3 Å². The molecule has 2 aliphatic rings. The summed E-state index contributed by atoms with van der Waals surface area (Å²) in [7, 11) is 0. The van der Waals surface area contributed by atoms with E-state index in [0.29, 0.717) is 0 Å². The van der Waals surface area contributed by atoms with E-state index in [9.17, 15) is 14.4 Å². The molecule has 1 spiro atoms. The average molecular weight is 359 g/mol. The second kappa shape index (κ2) is 6.64. The van der Waals surface area contributed by atoms with Gasteiger partial charge >= 0.3 is 5.97 Å². The molecule has 0 N–H and O–H groups in total. The van der Waals surface area contributed by atoms with Gasteiger partial charge < -0.3 is 9.64 Å². The highest BCUT2D eigenvalue weighted by molar-refractivity contribution is 6.65. The highest BCUT2D eigenvalue weighted by Crippen LogP contribution is 2.34. The Labute approximate surface area is 149 Å². The number of hydrogen-bond donors (Lipinski definition) is 0. The van der Waals surface area contributed by atoms with Crippen LogP contribution in [0.2, 0.25) is 0 Å². The van der Waals surface area contributed by atoms with Crippen LogP contribution in [0.3, 0.4) is 0 Å². The first-order valence-corrected chi connectivity index (χ1v) is 8.09. The van der Waals surface area contributed by atoms with Gasteiger partial charge in [0.05, 0.1) is 11.6 Å². The molecule has 25 heavy (non-hydrogen) atoms. The van der Waals surface area contributed by atoms with Crippen LogP contribution in [0.15, 0.2) is 58.6 Å². The third kappa shape index (κ3) is 3.13. The number of allylic oxidation sites excluding steroid dienone is 2. The second-order valence-electron chi connectivity index (χ2n) is 5.53. The number of aliphatic imine (C=N–C) groups is 1. The molecule has 1 aromatic rings. The topological polar surface area (TPSA) is 76.0 Å². The molecular formula is C18H15ClN2O4. The van der Waals surface area contributed by atoms with E-state index in [-0.39, 0.29) is 29.7 Å². The number of halogens is 1. The van der Waals surface area contributed by atoms with Crippen molar-refractivity contribution in [1.82, 2.24) is 4.90 Å². The maximum Gasteiger partial charge on any atom is 0.362 e. The Morgan fingerprint density at radius 1 is 1.28 bits per heavy atom. The maximum absolute atomic E-state index is 12.8. The molecule has 0 fully saturated rings. The van der Waals surface area contributed by atoms with Gasteiger partial charge in [0, 0.05) is 6.54 Å². The van der Waals surface area contributed by atoms with Gasteiger partial charge in [-0.25, -0.2) is 9.79 Å². The zero-order valence-electron chi connectivity index (χ0n) is 13.4. The Bertz CT molecular complexity index is 829. The number of nitrogens with zero attached hydrogens (tertiary/aromatic N) is 2. The largest absolute Gasteiger partial charge is 0.461 e. The molecule has 0 aromatic heterocycles. The summed E-state index contributed by atoms with van der Waals surface area (Å²) in [4.78, 5) is 42.2. The number of ketones is 1. The fourth-order valence-electron chi connectivity index (χ4n) is 2.70. The molecule has 1 amide bonds. The van der Waals surface area contributed by atoms with Crippen molar-refractivity contribution in [1.29, 1.82) is 0 Å². The highest BCUT2D eigenvalue weighted by Gasteiger charge is 2.48. The van der Waals surface area contributed by atoms with Gasteiger partial charge in [0.2, 0.25) is 5.71 Å². The molecule has 1 aromatic carbocycles. The summed E-state index contributed by atoms with van der Waals surface area (Å²) in [5, 5.41) is -0.0535. The van der Waals surface area contributed by atoms with E-state index in [0.717, 1.165) is 5.56 Å². The molecule has 1 aliphatic heterocycles. The Kier molecular flexibility index (Phi) is 4.55. The van der Waals surface area contributed by atoms with Gasteiger partial charge in [0.1, 0.15) is 0 Å². The van der Waals surface area contributed by atoms with Crippen molar-refractivity contribution in [3.8, 4) is 0 Å². The smallest absolute Gasteiger partial charge is 0.362 e. The molecule has 128 valence electrons. The minimum absolute atomic E-state index is 0.0535. The van der Waals surface area contributed by atoms with Crippen LogP contribution in [0.25, 0.3) is 0 Å². The molecule has 3 rings (SSSR count). The minimum atomic E-state index is -1.31. The van der Waals surface area contributed by atoms with E-state index in [1.165, 1.54) is 23.1 Å². The Hall–Kier alpha value is -2.73. The molecule has 0 saturated carbocycles. The normalized spacial score (nSPS) is 22.2. The first-order chi connectivity index (χ1) is 12.0. The van der Waals surface area contributed by atoms with Gasteiger partial charge in [0.15, 0.2) is 11.4 Å². The lowest BCUT2D eigenvalue weighted by molar-refractivity contribution is -0.136. The van der Waals surface area contributed by atoms with Crippen molar-refractivity contribution in [2.24, 2.45) is 4.99 Å². The van der Waals surface area contributed by atoms with Crippen LogP contribution < -0.4 is 0 Å². The van der Waals surface area contributed by atoms with Crippen molar-refractivity contribution < 1.29 is 19.1 Å². The molecular weight excluding hydrogens is 344 g/mol. The molecule has 0 bridgehead atoms. The lowest BCUT2D eigenvalue weighted by Crippen LogP contribution is -2.45. The summed E-state index contributed by atoms with van der Waals surface area (Å²) in [6.07, 6.45) is 4.10. The standard InChI is InChI=1S/C18H15ClN2O4/c1-2-25-17(24)15-16(23)21(11-12-6-4-3-5-7-12)18(20-15)9-8-14(22)13(19)10-18/h3-10H,2,11H2,1H3. The fraction of sp³-hybridized carbons (Fsp3) is 0.222. The fourth-order valence-corrected chi connectivity index (χ4v) is 2.92. The maximum atomic E-state index is 12.8. The molecule has 7 heteroatoms. The summed E-state index contributed by atoms with van der Waals surface area (Å²) >= 11 is 5.98. The lowest BCUT2D eigenvalue weighted by Gasteiger charge is -2.33. The first-order valence-electron chi connectivity index (χ1n) is 7.71. The third-order valence-corrected chi connectivity index (χ3v) is 4.17. The van der Waals surface area contributed by atoms with Gasteiger partial charge in [-0.15, -0.1) is 0 Å². The van der Waals surface area contributed by atoms with Crippen molar-refractivity contribution >= 4 is 35.0 Å². The summed E-state index contributed by atoms with van der Waals surface area (Å²) in [5.41, 5.74) is -0.761. The van der Waals surface area contributed by atoms with Crippen LogP contribution in [0.5, 0.6) is 0 Å². The average Bonchev–Trinajstić information content (AvgIpc) is 2.86. The van der Waals surface area contributed by atoms with Crippen LogP contribution in [0.1, 0.15) is 12.5 Å². The summed E-state index contributed by atoms with van der Waals surface area (Å²) < 4.78 is 4.91. The van der Waals surface area contributed by atoms with E-state index in [2.05, 4.69) is 4.99 Å². The quantitative estimate of drug-likeness (QED) is 0.771. The molecule has 1 atom stereocenters. The predicted molar refractivity (Wildman–Crippen MR) is 91.9 cm³/mol. The molecule has 1 unspecified atom stereocenters. The van der Waals surface area contributed by atoms with Crippen LogP contribution in [0, 0.1) is 0 Å². The van der Waals surface area contributed by atoms with E-state index in [1.54, 1.807) is 6.92 Å². The number of carbonyl (C=O) groups excluding carboxylic acids is 3. The number of esters is 1. The number of amides is 1. The Morgan fingerprint density at radius 3 is 2.64 bits per heavy atom. The monoisotopic (exact) mass is 358 g/mol. The van der Waals surface area contributed by atoms with E-state index >= 15 is 0 Å². The first kappa shape index (κ1) is 17.1. The molecule has 1 heterocycles. The van der Waals surface area contributed by atoms with Crippen LogP contribution in [-0.4, -0.2) is 40.5 Å². The van der Waals surface area contributed by atoms with Gasteiger partial charge in [0.25, 0.3) is 5.91 Å². The summed E-state index contributed by atoms with van der Waals surface area (Å²) in [6.45, 7) is 1.97. The number of carbonyl (C=O) groups is 3. The van der Waals surface area contributed by atoms with E-state index < -0.39 is 17.5 Å². The number of rotatable bonds is 4. The highest BCUT2D eigenvalue weighted by atomic mass is 35.5. The number of benzene rings is 1. The second-order valence-corrected chi connectivity index (χ2v) is 5.94. The minimum Gasteiger partial charge on any atom is -0.461 e. The van der Waals surface area contributed by atoms with E-state index in [4.69, 9.17) is 16.3 Å². The van der Waals surface area contributed by atoms with Crippen molar-refractivity contribution in [2.45, 2.75) is 19.1 Å². The van der Waals surface area contributed by atoms with Gasteiger partial charge in [-0.05, 0) is 30.7 Å². The van der Waals surface area contributed by atoms with Crippen LogP contribution in [-0.2, 0) is 25.7 Å². The number of ether oxygens (including phenoxy) is 1. The zero-order valence-corrected chi connectivity index (χ0v) is 14.2. The third-order valence-electron chi connectivity index (χ3n) is 3.88. The van der Waals surface area contributed by atoms with Gasteiger partial charge in [-0.2, -0.15) is 0 Å². The van der Waals surface area contributed by atoms with Crippen LogP contribution in [0.4, 0.5) is 0 Å². The Morgan fingerprint density at radius 2 is 2.00 bits per heavy atom. The summed E-state index contributed by atoms with van der Waals surface area (Å²) in [5.74, 6) is -1.74. The van der Waals surface area contributed by atoms with Crippen molar-refractivity contribution in [3.05, 3.63) is 59.2 Å². The molecule has 1 aliphatic carbocycles. The van der Waals surface area contributed by atoms with Crippen molar-refractivity contribution in [3.63, 3.8) is 0 Å². The summed E-state index contributed by atoms with van der Waals surface area (Å²) in [6, 6.07) is 9.26.